The second-order valence-corrected chi connectivity index (χ2v) is 5.56. The Hall–Kier alpha value is -1.34. The molecule has 0 aromatic carbocycles. The van der Waals surface area contributed by atoms with E-state index in [1.54, 1.807) is 0 Å². The lowest BCUT2D eigenvalue weighted by Gasteiger charge is -2.21. The van der Waals surface area contributed by atoms with E-state index in [0.717, 1.165) is 4.90 Å². The molecule has 2 N–H and O–H groups in total. The van der Waals surface area contributed by atoms with Crippen LogP contribution < -0.4 is 10.6 Å². The molecule has 0 bridgehead atoms. The van der Waals surface area contributed by atoms with Gasteiger partial charge in [-0.1, -0.05) is 0 Å². The molecule has 0 aliphatic carbocycles. The van der Waals surface area contributed by atoms with Gasteiger partial charge in [0, 0.05) is 11.3 Å². The molecular weight excluding hydrogens is 272 g/mol. The summed E-state index contributed by atoms with van der Waals surface area (Å²) in [5.74, 6) is -0.975. The van der Waals surface area contributed by atoms with Crippen LogP contribution in [0.15, 0.2) is 16.3 Å². The molecular formula is C11H12N2O3S2. The van der Waals surface area contributed by atoms with Gasteiger partial charge in [-0.15, -0.1) is 23.1 Å². The fourth-order valence-corrected chi connectivity index (χ4v) is 3.33. The van der Waals surface area contributed by atoms with Crippen LogP contribution in [0, 0.1) is 0 Å². The minimum absolute atomic E-state index is 0.260. The Morgan fingerprint density at radius 2 is 2.33 bits per heavy atom. The molecule has 1 saturated heterocycles. The monoisotopic (exact) mass is 284 g/mol. The topological polar surface area (TPSA) is 75.3 Å². The maximum absolute atomic E-state index is 12.0. The predicted octanol–water partition coefficient (Wildman–Crippen LogP) is 1.00. The number of carbonyl (C=O) groups is 3. The largest absolute Gasteiger partial charge is 0.339 e. The van der Waals surface area contributed by atoms with Crippen molar-refractivity contribution in [1.29, 1.82) is 0 Å². The Morgan fingerprint density at radius 1 is 1.56 bits per heavy atom. The summed E-state index contributed by atoms with van der Waals surface area (Å²) in [5.41, 5.74) is 0. The van der Waals surface area contributed by atoms with Gasteiger partial charge in [0.05, 0.1) is 0 Å². The molecule has 1 aliphatic heterocycles. The Morgan fingerprint density at radius 3 is 3.00 bits per heavy atom. The van der Waals surface area contributed by atoms with Crippen LogP contribution in [0.5, 0.6) is 0 Å². The molecule has 0 radical (unpaired) electrons. The van der Waals surface area contributed by atoms with E-state index in [1.807, 2.05) is 17.7 Å². The normalized spacial score (nSPS) is 19.5. The first kappa shape index (κ1) is 13.1. The number of carbonyl (C=O) groups excluding carboxylic acids is 3. The SMILES string of the molecule is CSc1ccsc1C(=O)NC1CCC(=O)NC1=O. The lowest BCUT2D eigenvalue weighted by molar-refractivity contribution is -0.134. The maximum Gasteiger partial charge on any atom is 0.263 e. The van der Waals surface area contributed by atoms with Crippen LogP contribution in [-0.4, -0.2) is 30.0 Å². The summed E-state index contributed by atoms with van der Waals surface area (Å²) in [7, 11) is 0. The fraction of sp³-hybridized carbons (Fsp3) is 0.364. The van der Waals surface area contributed by atoms with Crippen molar-refractivity contribution in [2.75, 3.05) is 6.26 Å². The highest BCUT2D eigenvalue weighted by molar-refractivity contribution is 7.98. The zero-order chi connectivity index (χ0) is 13.1. The van der Waals surface area contributed by atoms with Crippen LogP contribution in [0.2, 0.25) is 0 Å². The summed E-state index contributed by atoms with van der Waals surface area (Å²) in [6, 6.07) is 1.25. The minimum Gasteiger partial charge on any atom is -0.339 e. The van der Waals surface area contributed by atoms with Crippen LogP contribution in [0.1, 0.15) is 22.5 Å². The number of thioether (sulfide) groups is 1. The molecule has 1 aromatic heterocycles. The molecule has 2 heterocycles. The smallest absolute Gasteiger partial charge is 0.263 e. The van der Waals surface area contributed by atoms with Crippen molar-refractivity contribution in [3.05, 3.63) is 16.3 Å². The maximum atomic E-state index is 12.0. The lowest BCUT2D eigenvalue weighted by atomic mass is 10.1. The highest BCUT2D eigenvalue weighted by Crippen LogP contribution is 2.25. The number of rotatable bonds is 3. The summed E-state index contributed by atoms with van der Waals surface area (Å²) in [5, 5.41) is 6.71. The van der Waals surface area contributed by atoms with Crippen molar-refractivity contribution in [2.24, 2.45) is 0 Å². The Kier molecular flexibility index (Phi) is 4.03. The molecule has 5 nitrogen and oxygen atoms in total. The van der Waals surface area contributed by atoms with E-state index in [9.17, 15) is 14.4 Å². The summed E-state index contributed by atoms with van der Waals surface area (Å²) >= 11 is 2.83. The van der Waals surface area contributed by atoms with Crippen molar-refractivity contribution in [2.45, 2.75) is 23.8 Å². The van der Waals surface area contributed by atoms with E-state index in [-0.39, 0.29) is 18.2 Å². The van der Waals surface area contributed by atoms with Gasteiger partial charge in [0.2, 0.25) is 11.8 Å². The Bertz CT molecular complexity index is 498. The third-order valence-electron chi connectivity index (χ3n) is 2.60. The average molecular weight is 284 g/mol. The number of imide groups is 1. The summed E-state index contributed by atoms with van der Waals surface area (Å²) < 4.78 is 0. The van der Waals surface area contributed by atoms with Gasteiger partial charge in [-0.25, -0.2) is 0 Å². The molecule has 2 rings (SSSR count). The van der Waals surface area contributed by atoms with Gasteiger partial charge in [-0.05, 0) is 24.1 Å². The first-order valence-corrected chi connectivity index (χ1v) is 7.48. The second-order valence-electron chi connectivity index (χ2n) is 3.80. The third-order valence-corrected chi connectivity index (χ3v) is 4.42. The highest BCUT2D eigenvalue weighted by Gasteiger charge is 2.28. The van der Waals surface area contributed by atoms with Crippen molar-refractivity contribution >= 4 is 40.8 Å². The van der Waals surface area contributed by atoms with Crippen molar-refractivity contribution < 1.29 is 14.4 Å². The van der Waals surface area contributed by atoms with Gasteiger partial charge < -0.3 is 5.32 Å². The number of nitrogens with one attached hydrogen (secondary N) is 2. The van der Waals surface area contributed by atoms with Crippen LogP contribution >= 0.6 is 23.1 Å². The third kappa shape index (κ3) is 2.73. The van der Waals surface area contributed by atoms with Crippen LogP contribution in [0.25, 0.3) is 0 Å². The van der Waals surface area contributed by atoms with Crippen LogP contribution in [0.4, 0.5) is 0 Å². The summed E-state index contributed by atoms with van der Waals surface area (Å²) in [6.07, 6.45) is 2.51. The standard InChI is InChI=1S/C11H12N2O3S2/c1-17-7-4-5-18-9(7)11(16)12-6-2-3-8(14)13-10(6)15/h4-6H,2-3H2,1H3,(H,12,16)(H,13,14,15). The van der Waals surface area contributed by atoms with Crippen molar-refractivity contribution in [3.63, 3.8) is 0 Å². The summed E-state index contributed by atoms with van der Waals surface area (Å²) in [6.45, 7) is 0. The van der Waals surface area contributed by atoms with E-state index in [4.69, 9.17) is 0 Å². The van der Waals surface area contributed by atoms with Gasteiger partial charge >= 0.3 is 0 Å². The number of thiophene rings is 1. The molecule has 1 atom stereocenters. The molecule has 1 aliphatic rings. The van der Waals surface area contributed by atoms with E-state index in [1.165, 1.54) is 23.1 Å². The lowest BCUT2D eigenvalue weighted by Crippen LogP contribution is -2.52. The molecule has 96 valence electrons. The van der Waals surface area contributed by atoms with Gasteiger partial charge in [0.1, 0.15) is 10.9 Å². The molecule has 18 heavy (non-hydrogen) atoms. The first-order valence-electron chi connectivity index (χ1n) is 5.38. The predicted molar refractivity (Wildman–Crippen MR) is 69.7 cm³/mol. The number of amides is 3. The summed E-state index contributed by atoms with van der Waals surface area (Å²) in [4.78, 5) is 36.0. The minimum atomic E-state index is -0.619. The van der Waals surface area contributed by atoms with Crippen molar-refractivity contribution in [3.8, 4) is 0 Å². The molecule has 3 amide bonds. The molecule has 1 unspecified atom stereocenters. The number of piperidine rings is 1. The molecule has 1 aromatic rings. The van der Waals surface area contributed by atoms with E-state index in [2.05, 4.69) is 10.6 Å². The van der Waals surface area contributed by atoms with E-state index < -0.39 is 11.9 Å². The molecule has 0 saturated carbocycles. The zero-order valence-electron chi connectivity index (χ0n) is 9.69. The fourth-order valence-electron chi connectivity index (χ4n) is 1.68. The van der Waals surface area contributed by atoms with Gasteiger partial charge in [0.15, 0.2) is 0 Å². The van der Waals surface area contributed by atoms with Gasteiger partial charge in [-0.3, -0.25) is 19.7 Å². The zero-order valence-corrected chi connectivity index (χ0v) is 11.3. The molecule has 1 fully saturated rings. The quantitative estimate of drug-likeness (QED) is 0.641. The van der Waals surface area contributed by atoms with Crippen LogP contribution in [0.3, 0.4) is 0 Å². The van der Waals surface area contributed by atoms with Gasteiger partial charge in [0.25, 0.3) is 5.91 Å². The molecule has 0 spiro atoms. The van der Waals surface area contributed by atoms with E-state index >= 15 is 0 Å². The van der Waals surface area contributed by atoms with Gasteiger partial charge in [-0.2, -0.15) is 0 Å². The Labute approximate surface area is 112 Å². The van der Waals surface area contributed by atoms with Crippen molar-refractivity contribution in [1.82, 2.24) is 10.6 Å². The second kappa shape index (κ2) is 5.53. The van der Waals surface area contributed by atoms with E-state index in [0.29, 0.717) is 11.3 Å². The Balaban J connectivity index is 2.03. The molecule has 7 heteroatoms. The average Bonchev–Trinajstić information content (AvgIpc) is 2.81. The highest BCUT2D eigenvalue weighted by atomic mass is 32.2. The number of hydrogen-bond donors (Lipinski definition) is 2. The number of hydrogen-bond acceptors (Lipinski definition) is 5. The van der Waals surface area contributed by atoms with Crippen LogP contribution in [-0.2, 0) is 9.59 Å². The first-order chi connectivity index (χ1) is 8.61.